The van der Waals surface area contributed by atoms with Gasteiger partial charge in [0.25, 0.3) is 0 Å². The van der Waals surface area contributed by atoms with E-state index in [2.05, 4.69) is 5.10 Å². The second-order valence-electron chi connectivity index (χ2n) is 5.97. The Morgan fingerprint density at radius 2 is 1.82 bits per heavy atom. The zero-order chi connectivity index (χ0) is 19.9. The molecule has 0 aliphatic heterocycles. The fourth-order valence-electron chi connectivity index (χ4n) is 2.65. The first-order chi connectivity index (χ1) is 13.6. The number of ketones is 1. The standard InChI is InChI=1S/C21H20N2O5/c1-26-17-8-9-18(20(12-17)27-2)19(24)14-28-21(25)16-6-4-15(5-7-16)13-23-11-3-10-22-23/h3-12H,13-14H2,1-2H3. The molecule has 3 aromatic rings. The highest BCUT2D eigenvalue weighted by Gasteiger charge is 2.16. The second-order valence-corrected chi connectivity index (χ2v) is 5.97. The average Bonchev–Trinajstić information content (AvgIpc) is 3.24. The smallest absolute Gasteiger partial charge is 0.338 e. The average molecular weight is 380 g/mol. The van der Waals surface area contributed by atoms with Gasteiger partial charge in [-0.1, -0.05) is 12.1 Å². The number of Topliss-reactive ketones (excluding diaryl/α,β-unsaturated/α-hetero) is 1. The Bertz CT molecular complexity index is 949. The van der Waals surface area contributed by atoms with Crippen LogP contribution in [0.3, 0.4) is 0 Å². The lowest BCUT2D eigenvalue weighted by Gasteiger charge is -2.10. The lowest BCUT2D eigenvalue weighted by atomic mass is 10.1. The van der Waals surface area contributed by atoms with Gasteiger partial charge in [-0.3, -0.25) is 9.48 Å². The van der Waals surface area contributed by atoms with Crippen LogP contribution in [0.1, 0.15) is 26.3 Å². The van der Waals surface area contributed by atoms with Gasteiger partial charge >= 0.3 is 5.97 Å². The number of nitrogens with zero attached hydrogens (tertiary/aromatic N) is 2. The quantitative estimate of drug-likeness (QED) is 0.442. The maximum atomic E-state index is 12.4. The largest absolute Gasteiger partial charge is 0.497 e. The first-order valence-corrected chi connectivity index (χ1v) is 8.59. The van der Waals surface area contributed by atoms with Gasteiger partial charge < -0.3 is 14.2 Å². The van der Waals surface area contributed by atoms with Gasteiger partial charge in [0.15, 0.2) is 6.61 Å². The monoisotopic (exact) mass is 380 g/mol. The van der Waals surface area contributed by atoms with E-state index in [9.17, 15) is 9.59 Å². The summed E-state index contributed by atoms with van der Waals surface area (Å²) in [6.07, 6.45) is 3.57. The van der Waals surface area contributed by atoms with Crippen molar-refractivity contribution in [2.75, 3.05) is 20.8 Å². The molecule has 0 bridgehead atoms. The van der Waals surface area contributed by atoms with Crippen molar-refractivity contribution < 1.29 is 23.8 Å². The molecule has 7 nitrogen and oxygen atoms in total. The molecule has 0 fully saturated rings. The molecule has 0 N–H and O–H groups in total. The number of carbonyl (C=O) groups excluding carboxylic acids is 2. The summed E-state index contributed by atoms with van der Waals surface area (Å²) in [5, 5.41) is 4.14. The summed E-state index contributed by atoms with van der Waals surface area (Å²) in [6.45, 7) is 0.231. The Morgan fingerprint density at radius 1 is 1.04 bits per heavy atom. The van der Waals surface area contributed by atoms with Crippen molar-refractivity contribution >= 4 is 11.8 Å². The van der Waals surface area contributed by atoms with Crippen molar-refractivity contribution in [1.29, 1.82) is 0 Å². The summed E-state index contributed by atoms with van der Waals surface area (Å²) in [5.74, 6) is 0.0126. The number of carbonyl (C=O) groups is 2. The Morgan fingerprint density at radius 3 is 2.46 bits per heavy atom. The van der Waals surface area contributed by atoms with E-state index in [1.54, 1.807) is 41.2 Å². The van der Waals surface area contributed by atoms with E-state index >= 15 is 0 Å². The van der Waals surface area contributed by atoms with E-state index < -0.39 is 5.97 Å². The molecule has 0 aliphatic rings. The highest BCUT2D eigenvalue weighted by Crippen LogP contribution is 2.25. The van der Waals surface area contributed by atoms with Gasteiger partial charge in [-0.25, -0.2) is 4.79 Å². The van der Waals surface area contributed by atoms with Gasteiger partial charge in [0, 0.05) is 18.5 Å². The van der Waals surface area contributed by atoms with Gasteiger partial charge in [-0.15, -0.1) is 0 Å². The number of esters is 1. The molecule has 0 unspecified atom stereocenters. The Labute approximate surface area is 162 Å². The minimum atomic E-state index is -0.563. The van der Waals surface area contributed by atoms with Crippen LogP contribution in [-0.4, -0.2) is 42.4 Å². The number of methoxy groups -OCH3 is 2. The maximum absolute atomic E-state index is 12.4. The van der Waals surface area contributed by atoms with Gasteiger partial charge in [0.05, 0.1) is 31.9 Å². The number of ether oxygens (including phenoxy) is 3. The predicted molar refractivity (Wildman–Crippen MR) is 102 cm³/mol. The van der Waals surface area contributed by atoms with E-state index in [0.717, 1.165) is 5.56 Å². The molecular formula is C21H20N2O5. The van der Waals surface area contributed by atoms with E-state index in [1.165, 1.54) is 14.2 Å². The Balaban J connectivity index is 1.60. The Hall–Kier alpha value is -3.61. The molecule has 0 radical (unpaired) electrons. The van der Waals surface area contributed by atoms with Crippen LogP contribution in [0.2, 0.25) is 0 Å². The van der Waals surface area contributed by atoms with Gasteiger partial charge in [-0.05, 0) is 35.9 Å². The van der Waals surface area contributed by atoms with Crippen LogP contribution in [0.5, 0.6) is 11.5 Å². The Kier molecular flexibility index (Phi) is 6.06. The lowest BCUT2D eigenvalue weighted by molar-refractivity contribution is 0.0474. The fraction of sp³-hybridized carbons (Fsp3) is 0.190. The van der Waals surface area contributed by atoms with Crippen LogP contribution >= 0.6 is 0 Å². The third-order valence-corrected chi connectivity index (χ3v) is 4.14. The first-order valence-electron chi connectivity index (χ1n) is 8.59. The minimum absolute atomic E-state index is 0.325. The van der Waals surface area contributed by atoms with Gasteiger partial charge in [0.1, 0.15) is 11.5 Å². The third-order valence-electron chi connectivity index (χ3n) is 4.14. The number of benzene rings is 2. The molecule has 0 saturated carbocycles. The molecule has 28 heavy (non-hydrogen) atoms. The van der Waals surface area contributed by atoms with Crippen LogP contribution < -0.4 is 9.47 Å². The summed E-state index contributed by atoms with van der Waals surface area (Å²) in [5.41, 5.74) is 1.70. The van der Waals surface area contributed by atoms with E-state index in [-0.39, 0.29) is 12.4 Å². The molecule has 0 aliphatic carbocycles. The maximum Gasteiger partial charge on any atom is 0.338 e. The van der Waals surface area contributed by atoms with Crippen LogP contribution in [0.4, 0.5) is 0 Å². The second kappa shape index (κ2) is 8.85. The highest BCUT2D eigenvalue weighted by atomic mass is 16.5. The van der Waals surface area contributed by atoms with Crippen molar-refractivity contribution in [3.05, 3.63) is 77.6 Å². The van der Waals surface area contributed by atoms with Crippen molar-refractivity contribution in [3.63, 3.8) is 0 Å². The van der Waals surface area contributed by atoms with E-state index in [1.807, 2.05) is 24.4 Å². The van der Waals surface area contributed by atoms with E-state index in [4.69, 9.17) is 14.2 Å². The van der Waals surface area contributed by atoms with Crippen molar-refractivity contribution in [1.82, 2.24) is 9.78 Å². The molecular weight excluding hydrogens is 360 g/mol. The molecule has 1 heterocycles. The summed E-state index contributed by atoms with van der Waals surface area (Å²) in [6, 6.07) is 13.7. The lowest BCUT2D eigenvalue weighted by Crippen LogP contribution is -2.15. The van der Waals surface area contributed by atoms with Crippen molar-refractivity contribution in [2.24, 2.45) is 0 Å². The SMILES string of the molecule is COc1ccc(C(=O)COC(=O)c2ccc(Cn3cccn3)cc2)c(OC)c1. The third kappa shape index (κ3) is 4.56. The van der Waals surface area contributed by atoms with Gasteiger partial charge in [0.2, 0.25) is 5.78 Å². The molecule has 7 heteroatoms. The predicted octanol–water partition coefficient (Wildman–Crippen LogP) is 2.99. The normalized spacial score (nSPS) is 10.4. The number of rotatable bonds is 8. The molecule has 2 aromatic carbocycles. The molecule has 1 aromatic heterocycles. The number of aromatic nitrogens is 2. The van der Waals surface area contributed by atoms with Crippen LogP contribution in [0.15, 0.2) is 60.9 Å². The van der Waals surface area contributed by atoms with Crippen LogP contribution in [0.25, 0.3) is 0 Å². The number of hydrogen-bond donors (Lipinski definition) is 0. The zero-order valence-electron chi connectivity index (χ0n) is 15.6. The topological polar surface area (TPSA) is 79.7 Å². The molecule has 0 atom stereocenters. The summed E-state index contributed by atoms with van der Waals surface area (Å²) >= 11 is 0. The van der Waals surface area contributed by atoms with E-state index in [0.29, 0.717) is 29.2 Å². The zero-order valence-corrected chi connectivity index (χ0v) is 15.6. The van der Waals surface area contributed by atoms with Crippen LogP contribution in [-0.2, 0) is 11.3 Å². The highest BCUT2D eigenvalue weighted by molar-refractivity contribution is 6.01. The van der Waals surface area contributed by atoms with Crippen LogP contribution in [0, 0.1) is 0 Å². The molecule has 144 valence electrons. The minimum Gasteiger partial charge on any atom is -0.497 e. The molecule has 0 amide bonds. The molecule has 3 rings (SSSR count). The molecule has 0 spiro atoms. The summed E-state index contributed by atoms with van der Waals surface area (Å²) in [7, 11) is 2.99. The summed E-state index contributed by atoms with van der Waals surface area (Å²) < 4.78 is 17.3. The summed E-state index contributed by atoms with van der Waals surface area (Å²) in [4.78, 5) is 24.6. The first kappa shape index (κ1) is 19.2. The molecule has 0 saturated heterocycles. The van der Waals surface area contributed by atoms with Crippen molar-refractivity contribution in [2.45, 2.75) is 6.54 Å². The fourth-order valence-corrected chi connectivity index (χ4v) is 2.65. The number of hydrogen-bond acceptors (Lipinski definition) is 6. The van der Waals surface area contributed by atoms with Gasteiger partial charge in [-0.2, -0.15) is 5.10 Å². The van der Waals surface area contributed by atoms with Crippen molar-refractivity contribution in [3.8, 4) is 11.5 Å².